The highest BCUT2D eigenvalue weighted by Gasteiger charge is 2.52. The Morgan fingerprint density at radius 2 is 1.03 bits per heavy atom. The van der Waals surface area contributed by atoms with Gasteiger partial charge in [-0.3, -0.25) is 4.98 Å². The fraction of sp³-hybridized carbons (Fsp3) is 0.0167. The number of anilines is 3. The topological polar surface area (TPSA) is 34.2 Å². The van der Waals surface area contributed by atoms with Gasteiger partial charge >= 0.3 is 0 Å². The maximum atomic E-state index is 6.85. The SMILES string of the molecule is c1ccc(-n2c3c(N(c4ccc(-c5cccnc5)cc4)c4cccc5c4-c4ccccc4C54c5ccccc5-c5ccccc54)cccc3c3ccc4c5ccccc5oc4c32)cc1. The Hall–Kier alpha value is -8.47. The second-order valence-corrected chi connectivity index (χ2v) is 17.0. The average Bonchev–Trinajstić information content (AvgIpc) is 4.09. The van der Waals surface area contributed by atoms with Crippen molar-refractivity contribution in [2.45, 2.75) is 5.41 Å². The molecule has 2 aliphatic carbocycles. The molecule has 0 unspecified atom stereocenters. The Bertz CT molecular complexity index is 3800. The normalized spacial score (nSPS) is 13.1. The third kappa shape index (κ3) is 4.63. The van der Waals surface area contributed by atoms with E-state index in [2.05, 4.69) is 215 Å². The van der Waals surface area contributed by atoms with Gasteiger partial charge in [0.2, 0.25) is 0 Å². The summed E-state index contributed by atoms with van der Waals surface area (Å²) in [5.41, 5.74) is 20.3. The van der Waals surface area contributed by atoms with Crippen molar-refractivity contribution in [3.05, 3.63) is 247 Å². The predicted octanol–water partition coefficient (Wildman–Crippen LogP) is 15.6. The molecule has 0 atom stereocenters. The zero-order valence-electron chi connectivity index (χ0n) is 34.6. The summed E-state index contributed by atoms with van der Waals surface area (Å²) in [7, 11) is 0. The number of para-hydroxylation sites is 3. The fourth-order valence-corrected chi connectivity index (χ4v) is 11.4. The van der Waals surface area contributed by atoms with Gasteiger partial charge in [-0.05, 0) is 105 Å². The van der Waals surface area contributed by atoms with Crippen LogP contribution in [-0.2, 0) is 5.41 Å². The van der Waals surface area contributed by atoms with E-state index in [1.165, 1.54) is 44.5 Å². The van der Waals surface area contributed by atoms with Crippen molar-refractivity contribution in [2.24, 2.45) is 0 Å². The van der Waals surface area contributed by atoms with Crippen molar-refractivity contribution in [1.29, 1.82) is 0 Å². The van der Waals surface area contributed by atoms with Crippen molar-refractivity contribution < 1.29 is 4.42 Å². The van der Waals surface area contributed by atoms with Gasteiger partial charge in [0, 0.05) is 50.9 Å². The molecule has 2 aliphatic rings. The van der Waals surface area contributed by atoms with Crippen molar-refractivity contribution in [1.82, 2.24) is 9.55 Å². The summed E-state index contributed by atoms with van der Waals surface area (Å²) in [6.45, 7) is 0. The second-order valence-electron chi connectivity index (χ2n) is 17.0. The molecule has 0 bridgehead atoms. The van der Waals surface area contributed by atoms with Gasteiger partial charge in [0.1, 0.15) is 5.58 Å². The van der Waals surface area contributed by atoms with Gasteiger partial charge in [-0.1, -0.05) is 158 Å². The van der Waals surface area contributed by atoms with E-state index in [4.69, 9.17) is 4.42 Å². The number of aromatic nitrogens is 2. The molecule has 298 valence electrons. The van der Waals surface area contributed by atoms with Gasteiger partial charge in [-0.2, -0.15) is 0 Å². The maximum Gasteiger partial charge on any atom is 0.160 e. The highest BCUT2D eigenvalue weighted by molar-refractivity contribution is 6.23. The Balaban J connectivity index is 1.11. The number of furan rings is 1. The van der Waals surface area contributed by atoms with Crippen LogP contribution in [0.15, 0.2) is 229 Å². The molecular weight excluding hydrogens is 779 g/mol. The molecule has 0 aliphatic heterocycles. The first-order valence-electron chi connectivity index (χ1n) is 22.0. The molecule has 0 saturated heterocycles. The molecule has 0 radical (unpaired) electrons. The van der Waals surface area contributed by atoms with Crippen LogP contribution in [0.3, 0.4) is 0 Å². The lowest BCUT2D eigenvalue weighted by atomic mass is 9.70. The Morgan fingerprint density at radius 3 is 1.80 bits per heavy atom. The number of hydrogen-bond donors (Lipinski definition) is 0. The number of benzene rings is 9. The van der Waals surface area contributed by atoms with Crippen LogP contribution in [0.4, 0.5) is 17.1 Å². The highest BCUT2D eigenvalue weighted by Crippen LogP contribution is 2.65. The number of hydrogen-bond acceptors (Lipinski definition) is 3. The van der Waals surface area contributed by atoms with Crippen LogP contribution in [0.5, 0.6) is 0 Å². The molecule has 64 heavy (non-hydrogen) atoms. The molecule has 4 heteroatoms. The second kappa shape index (κ2) is 13.3. The summed E-state index contributed by atoms with van der Waals surface area (Å²) in [6, 6.07) is 77.7. The lowest BCUT2D eigenvalue weighted by Gasteiger charge is -2.32. The van der Waals surface area contributed by atoms with Crippen LogP contribution in [0, 0.1) is 0 Å². The van der Waals surface area contributed by atoms with E-state index in [0.717, 1.165) is 77.6 Å². The quantitative estimate of drug-likeness (QED) is 0.174. The minimum absolute atomic E-state index is 0.483. The van der Waals surface area contributed by atoms with Gasteiger partial charge in [-0.25, -0.2) is 0 Å². The van der Waals surface area contributed by atoms with Crippen molar-refractivity contribution in [3.63, 3.8) is 0 Å². The van der Waals surface area contributed by atoms with E-state index in [-0.39, 0.29) is 0 Å². The number of fused-ring (bicyclic) bond motifs is 17. The zero-order chi connectivity index (χ0) is 41.9. The highest BCUT2D eigenvalue weighted by atomic mass is 16.3. The van der Waals surface area contributed by atoms with E-state index in [1.54, 1.807) is 0 Å². The first kappa shape index (κ1) is 35.2. The lowest BCUT2D eigenvalue weighted by Crippen LogP contribution is -2.26. The molecular formula is C60H37N3O. The average molecular weight is 816 g/mol. The fourth-order valence-electron chi connectivity index (χ4n) is 11.4. The zero-order valence-corrected chi connectivity index (χ0v) is 34.6. The summed E-state index contributed by atoms with van der Waals surface area (Å²) in [5.74, 6) is 0. The minimum Gasteiger partial charge on any atom is -0.454 e. The molecule has 0 amide bonds. The molecule has 3 heterocycles. The summed E-state index contributed by atoms with van der Waals surface area (Å²) in [5, 5.41) is 4.51. The molecule has 0 saturated carbocycles. The summed E-state index contributed by atoms with van der Waals surface area (Å²) in [6.07, 6.45) is 3.76. The molecule has 14 rings (SSSR count). The van der Waals surface area contributed by atoms with Gasteiger partial charge < -0.3 is 13.9 Å². The van der Waals surface area contributed by atoms with Crippen molar-refractivity contribution in [2.75, 3.05) is 4.90 Å². The van der Waals surface area contributed by atoms with Crippen LogP contribution < -0.4 is 4.90 Å². The van der Waals surface area contributed by atoms with Gasteiger partial charge in [0.15, 0.2) is 5.58 Å². The smallest absolute Gasteiger partial charge is 0.160 e. The van der Waals surface area contributed by atoms with Gasteiger partial charge in [0.25, 0.3) is 0 Å². The lowest BCUT2D eigenvalue weighted by molar-refractivity contribution is 0.671. The third-order valence-electron chi connectivity index (χ3n) is 13.9. The monoisotopic (exact) mass is 815 g/mol. The van der Waals surface area contributed by atoms with Crippen molar-refractivity contribution in [3.8, 4) is 39.1 Å². The first-order chi connectivity index (χ1) is 31.8. The van der Waals surface area contributed by atoms with Crippen LogP contribution >= 0.6 is 0 Å². The Kier molecular flexibility index (Phi) is 7.29. The minimum atomic E-state index is -0.483. The van der Waals surface area contributed by atoms with Gasteiger partial charge in [0.05, 0.1) is 27.8 Å². The van der Waals surface area contributed by atoms with E-state index in [9.17, 15) is 0 Å². The summed E-state index contributed by atoms with van der Waals surface area (Å²) in [4.78, 5) is 6.95. The van der Waals surface area contributed by atoms with E-state index in [0.29, 0.717) is 0 Å². The van der Waals surface area contributed by atoms with E-state index in [1.807, 2.05) is 24.5 Å². The van der Waals surface area contributed by atoms with Crippen LogP contribution in [0.2, 0.25) is 0 Å². The molecule has 3 aromatic heterocycles. The Labute approximate surface area is 369 Å². The van der Waals surface area contributed by atoms with E-state index < -0.39 is 5.41 Å². The van der Waals surface area contributed by atoms with E-state index >= 15 is 0 Å². The van der Waals surface area contributed by atoms with Crippen LogP contribution in [0.1, 0.15) is 22.3 Å². The Morgan fingerprint density at radius 1 is 0.422 bits per heavy atom. The molecule has 9 aromatic carbocycles. The largest absolute Gasteiger partial charge is 0.454 e. The van der Waals surface area contributed by atoms with Crippen LogP contribution in [-0.4, -0.2) is 9.55 Å². The number of pyridine rings is 1. The third-order valence-corrected chi connectivity index (χ3v) is 13.9. The summed E-state index contributed by atoms with van der Waals surface area (Å²) >= 11 is 0. The van der Waals surface area contributed by atoms with Crippen molar-refractivity contribution >= 4 is 60.8 Å². The number of nitrogens with zero attached hydrogens (tertiary/aromatic N) is 3. The first-order valence-corrected chi connectivity index (χ1v) is 22.0. The van der Waals surface area contributed by atoms with Gasteiger partial charge in [-0.15, -0.1) is 0 Å². The summed E-state index contributed by atoms with van der Waals surface area (Å²) < 4.78 is 9.29. The molecule has 12 aromatic rings. The van der Waals surface area contributed by atoms with Crippen LogP contribution in [0.25, 0.3) is 82.8 Å². The molecule has 0 fully saturated rings. The molecule has 0 N–H and O–H groups in total. The number of rotatable bonds is 5. The molecule has 1 spiro atoms. The molecule has 4 nitrogen and oxygen atoms in total. The predicted molar refractivity (Wildman–Crippen MR) is 262 cm³/mol. The standard InChI is InChI=1S/C60H37N3O/c1-2-16-40(17-3-1)63-57-45(46-34-35-47-44-20-7-11-29-55(44)64-59(47)58(46)63)22-12-28-54(57)62(41-32-30-38(31-33-41)39-15-14-36-61-37-39)53-27-13-26-52-56(53)48-21-6-10-25-51(48)60(52)49-23-8-4-18-42(49)43-19-5-9-24-50(43)60/h1-37H. The maximum absolute atomic E-state index is 6.85.